The molecule has 100 valence electrons. The van der Waals surface area contributed by atoms with E-state index in [4.69, 9.17) is 5.11 Å². The molecule has 19 heavy (non-hydrogen) atoms. The highest BCUT2D eigenvalue weighted by atomic mass is 19.1. The van der Waals surface area contributed by atoms with Gasteiger partial charge in [0.15, 0.2) is 0 Å². The molecule has 2 N–H and O–H groups in total. The van der Waals surface area contributed by atoms with Crippen LogP contribution in [0, 0.1) is 5.82 Å². The van der Waals surface area contributed by atoms with E-state index in [9.17, 15) is 9.18 Å². The number of aromatic amines is 1. The Morgan fingerprint density at radius 3 is 2.89 bits per heavy atom. The van der Waals surface area contributed by atoms with Crippen molar-refractivity contribution in [1.82, 2.24) is 9.88 Å². The van der Waals surface area contributed by atoms with Crippen LogP contribution in [0.15, 0.2) is 24.3 Å². The Kier molecular flexibility index (Phi) is 2.98. The van der Waals surface area contributed by atoms with Crippen LogP contribution in [-0.4, -0.2) is 40.1 Å². The molecule has 1 aromatic heterocycles. The van der Waals surface area contributed by atoms with Gasteiger partial charge in [-0.1, -0.05) is 6.07 Å². The molecule has 0 radical (unpaired) electrons. The van der Waals surface area contributed by atoms with Crippen LogP contribution in [0.4, 0.5) is 4.39 Å². The molecule has 1 aliphatic carbocycles. The van der Waals surface area contributed by atoms with E-state index in [1.165, 1.54) is 6.07 Å². The van der Waals surface area contributed by atoms with E-state index < -0.39 is 0 Å². The fraction of sp³-hybridized carbons (Fsp3) is 0.357. The molecule has 5 heteroatoms. The first kappa shape index (κ1) is 12.2. The summed E-state index contributed by atoms with van der Waals surface area (Å²) in [5.41, 5.74) is 0.989. The van der Waals surface area contributed by atoms with Gasteiger partial charge in [0.05, 0.1) is 6.61 Å². The summed E-state index contributed by atoms with van der Waals surface area (Å²) in [4.78, 5) is 17.0. The quantitative estimate of drug-likeness (QED) is 0.884. The number of nitrogens with zero attached hydrogens (tertiary/aromatic N) is 1. The molecular weight excluding hydrogens is 247 g/mol. The van der Waals surface area contributed by atoms with Crippen LogP contribution in [-0.2, 0) is 0 Å². The second-order valence-electron chi connectivity index (χ2n) is 4.84. The first-order valence-electron chi connectivity index (χ1n) is 6.40. The number of carbonyl (C=O) groups is 1. The first-order valence-corrected chi connectivity index (χ1v) is 6.40. The molecule has 0 saturated heterocycles. The van der Waals surface area contributed by atoms with Crippen LogP contribution in [0.25, 0.3) is 10.9 Å². The standard InChI is InChI=1S/C14H15FN2O2/c15-11-2-1-3-12-10(11)8-13(16-12)14(19)17(6-7-18)9-4-5-9/h1-3,8-9,16,18H,4-7H2. The number of halogens is 1. The van der Waals surface area contributed by atoms with Gasteiger partial charge in [0.25, 0.3) is 5.91 Å². The lowest BCUT2D eigenvalue weighted by Crippen LogP contribution is -2.35. The lowest BCUT2D eigenvalue weighted by molar-refractivity contribution is 0.0702. The van der Waals surface area contributed by atoms with E-state index in [0.29, 0.717) is 23.1 Å². The van der Waals surface area contributed by atoms with Gasteiger partial charge in [0, 0.05) is 23.5 Å². The Hall–Kier alpha value is -1.88. The lowest BCUT2D eigenvalue weighted by Gasteiger charge is -2.20. The minimum Gasteiger partial charge on any atom is -0.395 e. The minimum atomic E-state index is -0.340. The number of rotatable bonds is 4. The highest BCUT2D eigenvalue weighted by molar-refractivity contribution is 5.98. The SMILES string of the molecule is O=C(c1cc2c(F)cccc2[nH]1)N(CCO)C1CC1. The maximum atomic E-state index is 13.6. The Labute approximate surface area is 109 Å². The highest BCUT2D eigenvalue weighted by Crippen LogP contribution is 2.28. The van der Waals surface area contributed by atoms with Crippen LogP contribution < -0.4 is 0 Å². The van der Waals surface area contributed by atoms with Gasteiger partial charge in [-0.25, -0.2) is 4.39 Å². The summed E-state index contributed by atoms with van der Waals surface area (Å²) in [7, 11) is 0. The average molecular weight is 262 g/mol. The number of aromatic nitrogens is 1. The average Bonchev–Trinajstić information content (AvgIpc) is 3.14. The summed E-state index contributed by atoms with van der Waals surface area (Å²) in [6.07, 6.45) is 1.95. The molecule has 1 aliphatic rings. The topological polar surface area (TPSA) is 56.3 Å². The third-order valence-corrected chi connectivity index (χ3v) is 3.43. The van der Waals surface area contributed by atoms with Gasteiger partial charge in [-0.3, -0.25) is 4.79 Å². The Balaban J connectivity index is 1.94. The maximum Gasteiger partial charge on any atom is 0.270 e. The number of fused-ring (bicyclic) bond motifs is 1. The van der Waals surface area contributed by atoms with E-state index >= 15 is 0 Å². The third-order valence-electron chi connectivity index (χ3n) is 3.43. The summed E-state index contributed by atoms with van der Waals surface area (Å²) < 4.78 is 13.6. The van der Waals surface area contributed by atoms with Gasteiger partial charge >= 0.3 is 0 Å². The fourth-order valence-corrected chi connectivity index (χ4v) is 2.33. The van der Waals surface area contributed by atoms with Crippen molar-refractivity contribution >= 4 is 16.8 Å². The molecule has 3 rings (SSSR count). The van der Waals surface area contributed by atoms with Crippen molar-refractivity contribution in [3.8, 4) is 0 Å². The van der Waals surface area contributed by atoms with Crippen LogP contribution in [0.5, 0.6) is 0 Å². The van der Waals surface area contributed by atoms with Crippen LogP contribution in [0.1, 0.15) is 23.3 Å². The molecule has 1 saturated carbocycles. The van der Waals surface area contributed by atoms with Gasteiger partial charge in [-0.2, -0.15) is 0 Å². The van der Waals surface area contributed by atoms with Crippen molar-refractivity contribution in [2.45, 2.75) is 18.9 Å². The van der Waals surface area contributed by atoms with E-state index in [1.807, 2.05) is 0 Å². The molecule has 1 aromatic carbocycles. The molecule has 0 aliphatic heterocycles. The van der Waals surface area contributed by atoms with Gasteiger partial charge in [-0.05, 0) is 31.0 Å². The molecule has 0 unspecified atom stereocenters. The number of nitrogens with one attached hydrogen (secondary N) is 1. The second kappa shape index (κ2) is 4.66. The zero-order chi connectivity index (χ0) is 13.4. The third kappa shape index (κ3) is 2.21. The Morgan fingerprint density at radius 2 is 2.26 bits per heavy atom. The molecule has 2 aromatic rings. The monoisotopic (exact) mass is 262 g/mol. The van der Waals surface area contributed by atoms with Gasteiger partial charge in [-0.15, -0.1) is 0 Å². The molecule has 1 heterocycles. The number of aliphatic hydroxyl groups is 1. The zero-order valence-corrected chi connectivity index (χ0v) is 10.4. The van der Waals surface area contributed by atoms with E-state index in [-0.39, 0.29) is 24.4 Å². The molecule has 0 bridgehead atoms. The number of hydrogen-bond donors (Lipinski definition) is 2. The van der Waals surface area contributed by atoms with Crippen molar-refractivity contribution in [3.63, 3.8) is 0 Å². The zero-order valence-electron chi connectivity index (χ0n) is 10.4. The Bertz CT molecular complexity index is 619. The number of H-pyrrole nitrogens is 1. The van der Waals surface area contributed by atoms with Crippen molar-refractivity contribution in [1.29, 1.82) is 0 Å². The lowest BCUT2D eigenvalue weighted by atomic mass is 10.2. The highest BCUT2D eigenvalue weighted by Gasteiger charge is 2.33. The fourth-order valence-electron chi connectivity index (χ4n) is 2.33. The van der Waals surface area contributed by atoms with E-state index in [2.05, 4.69) is 4.98 Å². The summed E-state index contributed by atoms with van der Waals surface area (Å²) in [6, 6.07) is 6.48. The van der Waals surface area contributed by atoms with Gasteiger partial charge in [0.1, 0.15) is 11.5 Å². The van der Waals surface area contributed by atoms with Crippen LogP contribution in [0.2, 0.25) is 0 Å². The molecule has 1 fully saturated rings. The van der Waals surface area contributed by atoms with Crippen molar-refractivity contribution in [2.24, 2.45) is 0 Å². The van der Waals surface area contributed by atoms with E-state index in [0.717, 1.165) is 12.8 Å². The smallest absolute Gasteiger partial charge is 0.270 e. The summed E-state index contributed by atoms with van der Waals surface area (Å²) in [5.74, 6) is -0.514. The van der Waals surface area contributed by atoms with Crippen LogP contribution in [0.3, 0.4) is 0 Å². The summed E-state index contributed by atoms with van der Waals surface area (Å²) in [6.45, 7) is 0.262. The largest absolute Gasteiger partial charge is 0.395 e. The summed E-state index contributed by atoms with van der Waals surface area (Å²) >= 11 is 0. The minimum absolute atomic E-state index is 0.0587. The first-order chi connectivity index (χ1) is 9.20. The molecule has 0 atom stereocenters. The number of carbonyl (C=O) groups excluding carboxylic acids is 1. The van der Waals surface area contributed by atoms with Crippen molar-refractivity contribution in [3.05, 3.63) is 35.8 Å². The summed E-state index contributed by atoms with van der Waals surface area (Å²) in [5, 5.41) is 9.45. The van der Waals surface area contributed by atoms with Gasteiger partial charge in [0.2, 0.25) is 0 Å². The number of amides is 1. The maximum absolute atomic E-state index is 13.6. The Morgan fingerprint density at radius 1 is 1.47 bits per heavy atom. The second-order valence-corrected chi connectivity index (χ2v) is 4.84. The molecule has 1 amide bonds. The number of benzene rings is 1. The normalized spacial score (nSPS) is 14.8. The molecule has 0 spiro atoms. The number of aliphatic hydroxyl groups excluding tert-OH is 1. The van der Waals surface area contributed by atoms with E-state index in [1.54, 1.807) is 23.1 Å². The molecular formula is C14H15FN2O2. The molecule has 4 nitrogen and oxygen atoms in total. The predicted octanol–water partition coefficient (Wildman–Crippen LogP) is 1.90. The predicted molar refractivity (Wildman–Crippen MR) is 69.4 cm³/mol. The number of hydrogen-bond acceptors (Lipinski definition) is 2. The van der Waals surface area contributed by atoms with Crippen molar-refractivity contribution in [2.75, 3.05) is 13.2 Å². The van der Waals surface area contributed by atoms with Gasteiger partial charge < -0.3 is 15.0 Å². The van der Waals surface area contributed by atoms with Crippen molar-refractivity contribution < 1.29 is 14.3 Å². The van der Waals surface area contributed by atoms with Crippen LogP contribution >= 0.6 is 0 Å².